The van der Waals surface area contributed by atoms with Gasteiger partial charge in [0.2, 0.25) is 11.6 Å². The monoisotopic (exact) mass is 342 g/mol. The molecule has 0 aliphatic heterocycles. The summed E-state index contributed by atoms with van der Waals surface area (Å²) >= 11 is 9.02. The van der Waals surface area contributed by atoms with Crippen LogP contribution in [-0.4, -0.2) is 9.91 Å². The lowest BCUT2D eigenvalue weighted by molar-refractivity contribution is -0.385. The van der Waals surface area contributed by atoms with Crippen LogP contribution in [0.3, 0.4) is 0 Å². The number of halogens is 2. The maximum absolute atomic E-state index is 10.9. The summed E-state index contributed by atoms with van der Waals surface area (Å²) in [5, 5.41) is 11.2. The summed E-state index contributed by atoms with van der Waals surface area (Å²) in [5.41, 5.74) is 0.565. The summed E-state index contributed by atoms with van der Waals surface area (Å²) in [7, 11) is 0. The lowest BCUT2D eigenvalue weighted by atomic mass is 10.3. The standard InChI is InChI=1S/C12H8BrClN2O3/c1-7-4-8(13)6-15-12(7)19-11-3-2-9(14)5-10(11)16(17)18/h2-6H,1H3. The van der Waals surface area contributed by atoms with Gasteiger partial charge < -0.3 is 4.74 Å². The van der Waals surface area contributed by atoms with E-state index in [0.717, 1.165) is 10.0 Å². The van der Waals surface area contributed by atoms with Crippen LogP contribution < -0.4 is 4.74 Å². The van der Waals surface area contributed by atoms with Crippen molar-refractivity contribution >= 4 is 33.2 Å². The maximum Gasteiger partial charge on any atom is 0.313 e. The van der Waals surface area contributed by atoms with Crippen LogP contribution in [0, 0.1) is 17.0 Å². The molecule has 1 aromatic heterocycles. The second-order valence-electron chi connectivity index (χ2n) is 3.75. The van der Waals surface area contributed by atoms with Crippen molar-refractivity contribution in [2.24, 2.45) is 0 Å². The van der Waals surface area contributed by atoms with Gasteiger partial charge in [-0.3, -0.25) is 10.1 Å². The zero-order valence-electron chi connectivity index (χ0n) is 9.76. The lowest BCUT2D eigenvalue weighted by Gasteiger charge is -2.08. The van der Waals surface area contributed by atoms with E-state index in [0.29, 0.717) is 5.88 Å². The van der Waals surface area contributed by atoms with Crippen LogP contribution in [0.25, 0.3) is 0 Å². The Bertz CT molecular complexity index is 649. The van der Waals surface area contributed by atoms with Crippen molar-refractivity contribution in [3.05, 3.63) is 55.6 Å². The molecule has 98 valence electrons. The SMILES string of the molecule is Cc1cc(Br)cnc1Oc1ccc(Cl)cc1[N+](=O)[O-]. The third kappa shape index (κ3) is 3.21. The van der Waals surface area contributed by atoms with Crippen LogP contribution in [0.1, 0.15) is 5.56 Å². The van der Waals surface area contributed by atoms with Gasteiger partial charge in [-0.1, -0.05) is 11.6 Å². The van der Waals surface area contributed by atoms with Crippen molar-refractivity contribution in [2.45, 2.75) is 6.92 Å². The van der Waals surface area contributed by atoms with E-state index in [1.807, 2.05) is 6.07 Å². The van der Waals surface area contributed by atoms with Gasteiger partial charge in [-0.05, 0) is 41.1 Å². The summed E-state index contributed by atoms with van der Waals surface area (Å²) in [6.07, 6.45) is 1.56. The van der Waals surface area contributed by atoms with Gasteiger partial charge in [-0.2, -0.15) is 0 Å². The van der Waals surface area contributed by atoms with Crippen molar-refractivity contribution in [3.63, 3.8) is 0 Å². The number of benzene rings is 1. The number of hydrogen-bond donors (Lipinski definition) is 0. The van der Waals surface area contributed by atoms with Gasteiger partial charge in [0.15, 0.2) is 0 Å². The number of nitro groups is 1. The number of hydrogen-bond acceptors (Lipinski definition) is 4. The van der Waals surface area contributed by atoms with Gasteiger partial charge in [0, 0.05) is 27.3 Å². The van der Waals surface area contributed by atoms with Crippen molar-refractivity contribution in [1.82, 2.24) is 4.98 Å². The molecule has 0 unspecified atom stereocenters. The lowest BCUT2D eigenvalue weighted by Crippen LogP contribution is -1.96. The fraction of sp³-hybridized carbons (Fsp3) is 0.0833. The minimum atomic E-state index is -0.546. The molecule has 2 aromatic rings. The van der Waals surface area contributed by atoms with Gasteiger partial charge in [-0.15, -0.1) is 0 Å². The summed E-state index contributed by atoms with van der Waals surface area (Å²) in [4.78, 5) is 14.5. The van der Waals surface area contributed by atoms with Crippen LogP contribution in [0.5, 0.6) is 11.6 Å². The van der Waals surface area contributed by atoms with Crippen LogP contribution in [0.2, 0.25) is 5.02 Å². The van der Waals surface area contributed by atoms with E-state index in [2.05, 4.69) is 20.9 Å². The third-order valence-electron chi connectivity index (χ3n) is 2.32. The predicted octanol–water partition coefficient (Wildman–Crippen LogP) is 4.51. The van der Waals surface area contributed by atoms with Crippen molar-refractivity contribution in [1.29, 1.82) is 0 Å². The molecule has 0 bridgehead atoms. The van der Waals surface area contributed by atoms with E-state index in [1.165, 1.54) is 18.2 Å². The van der Waals surface area contributed by atoms with E-state index >= 15 is 0 Å². The predicted molar refractivity (Wildman–Crippen MR) is 74.9 cm³/mol. The quantitative estimate of drug-likeness (QED) is 0.607. The van der Waals surface area contributed by atoms with Crippen LogP contribution >= 0.6 is 27.5 Å². The first-order valence-electron chi connectivity index (χ1n) is 5.21. The molecule has 19 heavy (non-hydrogen) atoms. The molecule has 0 saturated heterocycles. The Labute approximate surface area is 122 Å². The molecule has 1 heterocycles. The fourth-order valence-corrected chi connectivity index (χ4v) is 2.07. The number of pyridine rings is 1. The molecule has 0 saturated carbocycles. The second-order valence-corrected chi connectivity index (χ2v) is 5.10. The molecule has 0 fully saturated rings. The Balaban J connectivity index is 2.40. The van der Waals surface area contributed by atoms with Crippen molar-refractivity contribution < 1.29 is 9.66 Å². The highest BCUT2D eigenvalue weighted by Gasteiger charge is 2.17. The van der Waals surface area contributed by atoms with Crippen LogP contribution in [0.4, 0.5) is 5.69 Å². The Kier molecular flexibility index (Phi) is 4.01. The molecule has 0 spiro atoms. The molecule has 0 N–H and O–H groups in total. The van der Waals surface area contributed by atoms with Crippen molar-refractivity contribution in [3.8, 4) is 11.6 Å². The smallest absolute Gasteiger partial charge is 0.313 e. The largest absolute Gasteiger partial charge is 0.432 e. The molecule has 0 amide bonds. The molecule has 1 aromatic carbocycles. The minimum Gasteiger partial charge on any atom is -0.432 e. The first-order chi connectivity index (χ1) is 8.97. The molecule has 0 aliphatic carbocycles. The van der Waals surface area contributed by atoms with E-state index in [-0.39, 0.29) is 16.5 Å². The Morgan fingerprint density at radius 3 is 2.79 bits per heavy atom. The average molecular weight is 344 g/mol. The summed E-state index contributed by atoms with van der Waals surface area (Å²) < 4.78 is 6.29. The first-order valence-corrected chi connectivity index (χ1v) is 6.38. The number of aryl methyl sites for hydroxylation is 1. The third-order valence-corrected chi connectivity index (χ3v) is 2.99. The zero-order valence-corrected chi connectivity index (χ0v) is 12.1. The number of aromatic nitrogens is 1. The van der Waals surface area contributed by atoms with Crippen molar-refractivity contribution in [2.75, 3.05) is 0 Å². The molecular weight excluding hydrogens is 336 g/mol. The molecular formula is C12H8BrClN2O3. The van der Waals surface area contributed by atoms with Gasteiger partial charge in [-0.25, -0.2) is 4.98 Å². The highest BCUT2D eigenvalue weighted by molar-refractivity contribution is 9.10. The number of ether oxygens (including phenoxy) is 1. The highest BCUT2D eigenvalue weighted by atomic mass is 79.9. The summed E-state index contributed by atoms with van der Waals surface area (Å²) in [6.45, 7) is 1.80. The fourth-order valence-electron chi connectivity index (χ4n) is 1.46. The molecule has 0 aliphatic rings. The highest BCUT2D eigenvalue weighted by Crippen LogP contribution is 2.34. The van der Waals surface area contributed by atoms with Crippen LogP contribution in [0.15, 0.2) is 34.9 Å². The van der Waals surface area contributed by atoms with Gasteiger partial charge >= 0.3 is 5.69 Å². The van der Waals surface area contributed by atoms with Gasteiger partial charge in [0.25, 0.3) is 0 Å². The van der Waals surface area contributed by atoms with Crippen LogP contribution in [-0.2, 0) is 0 Å². The van der Waals surface area contributed by atoms with E-state index in [4.69, 9.17) is 16.3 Å². The van der Waals surface area contributed by atoms with Gasteiger partial charge in [0.05, 0.1) is 4.92 Å². The Morgan fingerprint density at radius 2 is 2.16 bits per heavy atom. The minimum absolute atomic E-state index is 0.104. The topological polar surface area (TPSA) is 65.3 Å². The molecule has 2 rings (SSSR count). The zero-order chi connectivity index (χ0) is 14.0. The number of nitro benzene ring substituents is 1. The molecule has 0 atom stereocenters. The second kappa shape index (κ2) is 5.54. The molecule has 7 heteroatoms. The average Bonchev–Trinajstić information content (AvgIpc) is 2.34. The number of nitrogens with zero attached hydrogens (tertiary/aromatic N) is 2. The van der Waals surface area contributed by atoms with Gasteiger partial charge in [0.1, 0.15) is 0 Å². The maximum atomic E-state index is 10.9. The van der Waals surface area contributed by atoms with E-state index in [1.54, 1.807) is 13.1 Å². The first kappa shape index (κ1) is 13.8. The van der Waals surface area contributed by atoms with E-state index in [9.17, 15) is 10.1 Å². The number of rotatable bonds is 3. The van der Waals surface area contributed by atoms with E-state index < -0.39 is 4.92 Å². The molecule has 0 radical (unpaired) electrons. The Morgan fingerprint density at radius 1 is 1.42 bits per heavy atom. The Hall–Kier alpha value is -1.66. The normalized spacial score (nSPS) is 10.3. The molecule has 5 nitrogen and oxygen atoms in total. The summed E-state index contributed by atoms with van der Waals surface area (Å²) in [5.74, 6) is 0.418. The summed E-state index contributed by atoms with van der Waals surface area (Å²) in [6, 6.07) is 6.02.